The fourth-order valence-electron chi connectivity index (χ4n) is 3.11. The predicted molar refractivity (Wildman–Crippen MR) is 92.9 cm³/mol. The predicted octanol–water partition coefficient (Wildman–Crippen LogP) is 3.18. The van der Waals surface area contributed by atoms with E-state index >= 15 is 0 Å². The van der Waals surface area contributed by atoms with Crippen molar-refractivity contribution in [3.63, 3.8) is 0 Å². The van der Waals surface area contributed by atoms with Gasteiger partial charge in [0.2, 0.25) is 5.91 Å². The lowest BCUT2D eigenvalue weighted by atomic mass is 9.90. The molecule has 3 rings (SSSR count). The van der Waals surface area contributed by atoms with Crippen molar-refractivity contribution < 1.29 is 14.6 Å². The van der Waals surface area contributed by atoms with E-state index in [4.69, 9.17) is 4.74 Å². The summed E-state index contributed by atoms with van der Waals surface area (Å²) in [5, 5.41) is 13.0. The molecule has 0 spiro atoms. The van der Waals surface area contributed by atoms with Crippen LogP contribution in [0.25, 0.3) is 0 Å². The molecular weight excluding hydrogens is 302 g/mol. The third-order valence-corrected chi connectivity index (χ3v) is 4.44. The minimum absolute atomic E-state index is 0.0250. The largest absolute Gasteiger partial charge is 0.493 e. The van der Waals surface area contributed by atoms with Gasteiger partial charge in [-0.05, 0) is 36.0 Å². The van der Waals surface area contributed by atoms with Crippen molar-refractivity contribution in [1.29, 1.82) is 0 Å². The van der Waals surface area contributed by atoms with E-state index in [9.17, 15) is 9.90 Å². The van der Waals surface area contributed by atoms with E-state index in [2.05, 4.69) is 5.32 Å². The molecule has 0 radical (unpaired) electrons. The van der Waals surface area contributed by atoms with Crippen LogP contribution < -0.4 is 10.1 Å². The SMILES string of the molecule is O=C(CC1CCOc2ccccc21)NCCC(O)c1ccccc1. The van der Waals surface area contributed by atoms with E-state index in [0.717, 1.165) is 23.3 Å². The van der Waals surface area contributed by atoms with Crippen LogP contribution in [0.5, 0.6) is 5.75 Å². The molecular formula is C20H23NO3. The quantitative estimate of drug-likeness (QED) is 0.857. The summed E-state index contributed by atoms with van der Waals surface area (Å²) in [6.07, 6.45) is 1.29. The Bertz CT molecular complexity index is 672. The Hall–Kier alpha value is -2.33. The number of nitrogens with one attached hydrogen (secondary N) is 1. The standard InChI is InChI=1S/C20H23NO3/c22-18(15-6-2-1-3-7-15)10-12-21-20(23)14-16-11-13-24-19-9-5-4-8-17(16)19/h1-9,16,18,22H,10-14H2,(H,21,23). The maximum absolute atomic E-state index is 12.2. The number of rotatable bonds is 6. The molecule has 0 aliphatic carbocycles. The van der Waals surface area contributed by atoms with E-state index < -0.39 is 6.10 Å². The molecule has 1 heterocycles. The summed E-state index contributed by atoms with van der Waals surface area (Å²) in [5.41, 5.74) is 1.99. The number of hydrogen-bond acceptors (Lipinski definition) is 3. The van der Waals surface area contributed by atoms with E-state index in [1.165, 1.54) is 0 Å². The summed E-state index contributed by atoms with van der Waals surface area (Å²) in [7, 11) is 0. The van der Waals surface area contributed by atoms with Crippen molar-refractivity contribution in [1.82, 2.24) is 5.32 Å². The molecule has 0 saturated heterocycles. The molecule has 0 bridgehead atoms. The van der Waals surface area contributed by atoms with Gasteiger partial charge in [0.05, 0.1) is 12.7 Å². The molecule has 0 fully saturated rings. The molecule has 2 aromatic carbocycles. The molecule has 0 saturated carbocycles. The molecule has 1 amide bonds. The molecule has 0 aromatic heterocycles. The number of hydrogen-bond donors (Lipinski definition) is 2. The molecule has 4 nitrogen and oxygen atoms in total. The maximum atomic E-state index is 12.2. The van der Waals surface area contributed by atoms with Crippen LogP contribution >= 0.6 is 0 Å². The Balaban J connectivity index is 1.47. The highest BCUT2D eigenvalue weighted by molar-refractivity contribution is 5.77. The van der Waals surface area contributed by atoms with E-state index in [-0.39, 0.29) is 11.8 Å². The molecule has 2 unspecified atom stereocenters. The molecule has 24 heavy (non-hydrogen) atoms. The molecule has 126 valence electrons. The van der Waals surface area contributed by atoms with Gasteiger partial charge in [0.15, 0.2) is 0 Å². The summed E-state index contributed by atoms with van der Waals surface area (Å²) in [6.45, 7) is 1.13. The van der Waals surface area contributed by atoms with Crippen LogP contribution in [0.15, 0.2) is 54.6 Å². The average molecular weight is 325 g/mol. The Labute approximate surface area is 142 Å². The van der Waals surface area contributed by atoms with E-state index in [1.807, 2.05) is 54.6 Å². The fraction of sp³-hybridized carbons (Fsp3) is 0.350. The number of para-hydroxylation sites is 1. The van der Waals surface area contributed by atoms with Crippen LogP contribution in [0.2, 0.25) is 0 Å². The van der Waals surface area contributed by atoms with Crippen LogP contribution in [0.3, 0.4) is 0 Å². The number of carbonyl (C=O) groups is 1. The lowest BCUT2D eigenvalue weighted by Crippen LogP contribution is -2.28. The Morgan fingerprint density at radius 3 is 2.75 bits per heavy atom. The van der Waals surface area contributed by atoms with Crippen LogP contribution in [0.1, 0.15) is 42.4 Å². The third-order valence-electron chi connectivity index (χ3n) is 4.44. The number of carbonyl (C=O) groups excluding carboxylic acids is 1. The highest BCUT2D eigenvalue weighted by Gasteiger charge is 2.23. The van der Waals surface area contributed by atoms with Gasteiger partial charge in [-0.15, -0.1) is 0 Å². The number of benzene rings is 2. The molecule has 2 aromatic rings. The lowest BCUT2D eigenvalue weighted by Gasteiger charge is -2.25. The third kappa shape index (κ3) is 4.15. The van der Waals surface area contributed by atoms with Gasteiger partial charge in [0.25, 0.3) is 0 Å². The Morgan fingerprint density at radius 1 is 1.17 bits per heavy atom. The van der Waals surface area contributed by atoms with Crippen molar-refractivity contribution >= 4 is 5.91 Å². The summed E-state index contributed by atoms with van der Waals surface area (Å²) in [5.74, 6) is 1.12. The van der Waals surface area contributed by atoms with Crippen molar-refractivity contribution in [2.45, 2.75) is 31.3 Å². The van der Waals surface area contributed by atoms with Gasteiger partial charge in [-0.2, -0.15) is 0 Å². The van der Waals surface area contributed by atoms with Gasteiger partial charge in [-0.3, -0.25) is 4.79 Å². The van der Waals surface area contributed by atoms with Crippen molar-refractivity contribution in [2.24, 2.45) is 0 Å². The first-order valence-corrected chi connectivity index (χ1v) is 8.45. The second-order valence-corrected chi connectivity index (χ2v) is 6.14. The van der Waals surface area contributed by atoms with Gasteiger partial charge in [0.1, 0.15) is 5.75 Å². The second-order valence-electron chi connectivity index (χ2n) is 6.14. The summed E-state index contributed by atoms with van der Waals surface area (Å²) >= 11 is 0. The van der Waals surface area contributed by atoms with Gasteiger partial charge < -0.3 is 15.2 Å². The van der Waals surface area contributed by atoms with Crippen molar-refractivity contribution in [3.8, 4) is 5.75 Å². The molecule has 1 aliphatic heterocycles. The summed E-state index contributed by atoms with van der Waals surface area (Å²) in [4.78, 5) is 12.2. The van der Waals surface area contributed by atoms with Gasteiger partial charge in [-0.25, -0.2) is 0 Å². The van der Waals surface area contributed by atoms with Crippen LogP contribution in [0.4, 0.5) is 0 Å². The number of ether oxygens (including phenoxy) is 1. The summed E-state index contributed by atoms with van der Waals surface area (Å²) in [6, 6.07) is 17.4. The van der Waals surface area contributed by atoms with Crippen LogP contribution in [0, 0.1) is 0 Å². The zero-order valence-corrected chi connectivity index (χ0v) is 13.7. The zero-order valence-electron chi connectivity index (χ0n) is 13.7. The van der Waals surface area contributed by atoms with Gasteiger partial charge >= 0.3 is 0 Å². The zero-order chi connectivity index (χ0) is 16.8. The average Bonchev–Trinajstić information content (AvgIpc) is 2.63. The van der Waals surface area contributed by atoms with Crippen molar-refractivity contribution in [2.75, 3.05) is 13.2 Å². The minimum atomic E-state index is -0.546. The first-order valence-electron chi connectivity index (χ1n) is 8.45. The van der Waals surface area contributed by atoms with Crippen LogP contribution in [-0.2, 0) is 4.79 Å². The number of amides is 1. The van der Waals surface area contributed by atoms with E-state index in [1.54, 1.807) is 0 Å². The topological polar surface area (TPSA) is 58.6 Å². The molecule has 2 atom stereocenters. The maximum Gasteiger partial charge on any atom is 0.220 e. The lowest BCUT2D eigenvalue weighted by molar-refractivity contribution is -0.121. The molecule has 1 aliphatic rings. The van der Waals surface area contributed by atoms with Gasteiger partial charge in [-0.1, -0.05) is 48.5 Å². The highest BCUT2D eigenvalue weighted by Crippen LogP contribution is 2.35. The Morgan fingerprint density at radius 2 is 1.92 bits per heavy atom. The van der Waals surface area contributed by atoms with E-state index in [0.29, 0.717) is 26.0 Å². The minimum Gasteiger partial charge on any atom is -0.493 e. The normalized spacial score (nSPS) is 17.5. The van der Waals surface area contributed by atoms with Gasteiger partial charge in [0, 0.05) is 13.0 Å². The molecule has 4 heteroatoms. The second kappa shape index (κ2) is 7.97. The summed E-state index contributed by atoms with van der Waals surface area (Å²) < 4.78 is 5.63. The number of aliphatic hydroxyl groups is 1. The smallest absolute Gasteiger partial charge is 0.220 e. The Kier molecular flexibility index (Phi) is 5.49. The van der Waals surface area contributed by atoms with Crippen LogP contribution in [-0.4, -0.2) is 24.2 Å². The first kappa shape index (κ1) is 16.5. The number of fused-ring (bicyclic) bond motifs is 1. The monoisotopic (exact) mass is 325 g/mol. The number of aliphatic hydroxyl groups excluding tert-OH is 1. The molecule has 2 N–H and O–H groups in total. The highest BCUT2D eigenvalue weighted by atomic mass is 16.5. The fourth-order valence-corrected chi connectivity index (χ4v) is 3.11. The van der Waals surface area contributed by atoms with Crippen molar-refractivity contribution in [3.05, 3.63) is 65.7 Å². The first-order chi connectivity index (χ1) is 11.7.